The van der Waals surface area contributed by atoms with Crippen LogP contribution >= 0.6 is 23.5 Å². The second-order valence-electron chi connectivity index (χ2n) is 9.47. The van der Waals surface area contributed by atoms with Crippen LogP contribution in [0.25, 0.3) is 0 Å². The highest BCUT2D eigenvalue weighted by Gasteiger charge is 2.33. The molecule has 2 fully saturated rings. The molecule has 2 N–H and O–H groups in total. The summed E-state index contributed by atoms with van der Waals surface area (Å²) in [5.74, 6) is 2.83. The van der Waals surface area contributed by atoms with Gasteiger partial charge in [-0.2, -0.15) is 23.5 Å². The van der Waals surface area contributed by atoms with E-state index >= 15 is 0 Å². The normalized spacial score (nSPS) is 18.2. The molecular weight excluding hydrogens is 512 g/mol. The second-order valence-corrected chi connectivity index (χ2v) is 11.7. The predicted molar refractivity (Wildman–Crippen MR) is 146 cm³/mol. The molecule has 2 aliphatic rings. The topological polar surface area (TPSA) is 118 Å². The van der Waals surface area contributed by atoms with E-state index in [0.717, 1.165) is 61.4 Å². The zero-order valence-corrected chi connectivity index (χ0v) is 23.0. The number of thioether (sulfide) groups is 2. The van der Waals surface area contributed by atoms with E-state index in [1.165, 1.54) is 0 Å². The summed E-state index contributed by atoms with van der Waals surface area (Å²) in [6, 6.07) is 6.18. The highest BCUT2D eigenvalue weighted by molar-refractivity contribution is 7.98. The highest BCUT2D eigenvalue weighted by atomic mass is 32.2. The fourth-order valence-corrected chi connectivity index (χ4v) is 6.07. The predicted octanol–water partition coefficient (Wildman–Crippen LogP) is 1.97. The minimum atomic E-state index is -0.774. The number of piperidine rings is 1. The molecule has 0 unspecified atom stereocenters. The maximum Gasteiger partial charge on any atom is 0.221 e. The molecule has 3 rings (SSSR count). The largest absolute Gasteiger partial charge is 0.381 e. The molecule has 0 aliphatic carbocycles. The molecule has 1 aromatic heterocycles. The van der Waals surface area contributed by atoms with Gasteiger partial charge in [0.25, 0.3) is 0 Å². The zero-order valence-electron chi connectivity index (χ0n) is 21.3. The Morgan fingerprint density at radius 1 is 1.03 bits per heavy atom. The van der Waals surface area contributed by atoms with Crippen LogP contribution in [0.4, 0.5) is 0 Å². The molecule has 37 heavy (non-hydrogen) atoms. The second kappa shape index (κ2) is 16.1. The number of hydrogen-bond acceptors (Lipinski definition) is 9. The summed E-state index contributed by atoms with van der Waals surface area (Å²) in [7, 11) is 0. The summed E-state index contributed by atoms with van der Waals surface area (Å²) in [6.07, 6.45) is 5.45. The van der Waals surface area contributed by atoms with Crippen molar-refractivity contribution in [2.45, 2.75) is 61.6 Å². The lowest BCUT2D eigenvalue weighted by Crippen LogP contribution is -2.53. The molecule has 0 aromatic carbocycles. The Balaban J connectivity index is 1.27. The van der Waals surface area contributed by atoms with Gasteiger partial charge in [0, 0.05) is 81.0 Å². The van der Waals surface area contributed by atoms with Gasteiger partial charge in [-0.1, -0.05) is 6.07 Å². The number of aldehydes is 2. The van der Waals surface area contributed by atoms with E-state index in [9.17, 15) is 19.2 Å². The van der Waals surface area contributed by atoms with Crippen molar-refractivity contribution in [2.75, 3.05) is 44.4 Å². The van der Waals surface area contributed by atoms with Gasteiger partial charge in [-0.3, -0.25) is 19.5 Å². The summed E-state index contributed by atoms with van der Waals surface area (Å²) >= 11 is 3.34. The first-order valence-corrected chi connectivity index (χ1v) is 15.2. The number of pyridine rings is 1. The molecule has 0 radical (unpaired) electrons. The van der Waals surface area contributed by atoms with Gasteiger partial charge < -0.3 is 25.0 Å². The number of carbonyl (C=O) groups excluding carboxylic acids is 4. The molecule has 9 nitrogen and oxygen atoms in total. The molecule has 0 atom stereocenters. The van der Waals surface area contributed by atoms with Gasteiger partial charge in [0.05, 0.1) is 23.5 Å². The van der Waals surface area contributed by atoms with Crippen molar-refractivity contribution < 1.29 is 23.9 Å². The van der Waals surface area contributed by atoms with Gasteiger partial charge in [-0.25, -0.2) is 0 Å². The van der Waals surface area contributed by atoms with Gasteiger partial charge in [0.2, 0.25) is 11.8 Å². The third-order valence-corrected chi connectivity index (χ3v) is 8.58. The Labute approximate surface area is 227 Å². The Hall–Kier alpha value is -1.95. The lowest BCUT2D eigenvalue weighted by Gasteiger charge is -2.32. The average Bonchev–Trinajstić information content (AvgIpc) is 2.91. The fourth-order valence-electron chi connectivity index (χ4n) is 4.39. The number of hydrogen-bond donors (Lipinski definition) is 2. The molecule has 2 aliphatic heterocycles. The fraction of sp³-hybridized carbons (Fsp3) is 0.654. The number of nitrogens with zero attached hydrogens (tertiary/aromatic N) is 2. The summed E-state index contributed by atoms with van der Waals surface area (Å²) in [4.78, 5) is 53.5. The Morgan fingerprint density at radius 3 is 2.24 bits per heavy atom. The van der Waals surface area contributed by atoms with Crippen LogP contribution in [-0.2, 0) is 35.4 Å². The van der Waals surface area contributed by atoms with Crippen LogP contribution < -0.4 is 10.6 Å². The lowest BCUT2D eigenvalue weighted by atomic mass is 9.91. The molecular formula is C26H38N4O5S2. The van der Waals surface area contributed by atoms with E-state index in [1.54, 1.807) is 23.5 Å². The molecule has 11 heteroatoms. The maximum absolute atomic E-state index is 12.3. The number of aromatic nitrogens is 1. The van der Waals surface area contributed by atoms with Crippen LogP contribution in [-0.4, -0.2) is 90.2 Å². The van der Waals surface area contributed by atoms with Gasteiger partial charge >= 0.3 is 0 Å². The first-order valence-electron chi connectivity index (χ1n) is 12.9. The highest BCUT2D eigenvalue weighted by Crippen LogP contribution is 2.19. The van der Waals surface area contributed by atoms with E-state index < -0.39 is 5.54 Å². The van der Waals surface area contributed by atoms with Gasteiger partial charge in [0.1, 0.15) is 12.6 Å². The number of ether oxygens (including phenoxy) is 1. The SMILES string of the molecule is O=CCN1CCC(NC(=O)CCSCc2cccc(CSCCC(=O)NC3(C=O)CCOCC3)n2)CC1. The number of nitrogens with one attached hydrogen (secondary N) is 2. The van der Waals surface area contributed by atoms with Crippen molar-refractivity contribution in [3.8, 4) is 0 Å². The van der Waals surface area contributed by atoms with Crippen LogP contribution in [0.3, 0.4) is 0 Å². The zero-order chi connectivity index (χ0) is 26.3. The van der Waals surface area contributed by atoms with Crippen molar-refractivity contribution in [1.29, 1.82) is 0 Å². The standard InChI is InChI=1S/C26H38N4O5S2/c31-13-12-30-10-4-21(5-11-30)28-24(33)6-16-36-18-22-2-1-3-23(27-22)19-37-17-7-25(34)29-26(20-32)8-14-35-15-9-26/h1-3,13,20-21H,4-12,14-19H2,(H,28,33)(H,29,34). The number of rotatable bonds is 15. The van der Waals surface area contributed by atoms with E-state index in [-0.39, 0.29) is 17.9 Å². The molecule has 2 saturated heterocycles. The molecule has 3 heterocycles. The molecule has 0 saturated carbocycles. The van der Waals surface area contributed by atoms with Crippen LogP contribution in [0, 0.1) is 0 Å². The minimum absolute atomic E-state index is 0.0827. The first-order chi connectivity index (χ1) is 18.0. The minimum Gasteiger partial charge on any atom is -0.381 e. The molecule has 0 bridgehead atoms. The smallest absolute Gasteiger partial charge is 0.221 e. The Morgan fingerprint density at radius 2 is 1.65 bits per heavy atom. The van der Waals surface area contributed by atoms with Crippen molar-refractivity contribution in [1.82, 2.24) is 20.5 Å². The van der Waals surface area contributed by atoms with Gasteiger partial charge in [-0.05, 0) is 25.0 Å². The third-order valence-electron chi connectivity index (χ3n) is 6.60. The van der Waals surface area contributed by atoms with Crippen molar-refractivity contribution in [2.24, 2.45) is 0 Å². The number of carbonyl (C=O) groups is 4. The Kier molecular flexibility index (Phi) is 12.9. The molecule has 2 amide bonds. The molecule has 0 spiro atoms. The average molecular weight is 551 g/mol. The van der Waals surface area contributed by atoms with Crippen molar-refractivity contribution in [3.63, 3.8) is 0 Å². The maximum atomic E-state index is 12.3. The van der Waals surface area contributed by atoms with Gasteiger partial charge in [0.15, 0.2) is 0 Å². The number of amides is 2. The Bertz CT molecular complexity index is 889. The van der Waals surface area contributed by atoms with E-state index in [1.807, 2.05) is 18.2 Å². The van der Waals surface area contributed by atoms with Crippen molar-refractivity contribution in [3.05, 3.63) is 29.6 Å². The molecule has 1 aromatic rings. The number of likely N-dealkylation sites (tertiary alicyclic amines) is 1. The van der Waals surface area contributed by atoms with E-state index in [4.69, 9.17) is 9.72 Å². The summed E-state index contributed by atoms with van der Waals surface area (Å²) in [5.41, 5.74) is 1.18. The summed E-state index contributed by atoms with van der Waals surface area (Å²) in [5, 5.41) is 6.01. The van der Waals surface area contributed by atoms with Crippen molar-refractivity contribution >= 4 is 47.9 Å². The van der Waals surface area contributed by atoms with Crippen LogP contribution in [0.15, 0.2) is 18.2 Å². The summed E-state index contributed by atoms with van der Waals surface area (Å²) < 4.78 is 5.29. The van der Waals surface area contributed by atoms with E-state index in [0.29, 0.717) is 56.9 Å². The quantitative estimate of drug-likeness (QED) is 0.250. The van der Waals surface area contributed by atoms with Gasteiger partial charge in [-0.15, -0.1) is 0 Å². The monoisotopic (exact) mass is 550 g/mol. The van der Waals surface area contributed by atoms with E-state index in [2.05, 4.69) is 15.5 Å². The first kappa shape index (κ1) is 29.6. The van der Waals surface area contributed by atoms with Crippen LogP contribution in [0.2, 0.25) is 0 Å². The van der Waals surface area contributed by atoms with Crippen LogP contribution in [0.5, 0.6) is 0 Å². The van der Waals surface area contributed by atoms with Crippen LogP contribution in [0.1, 0.15) is 49.9 Å². The lowest BCUT2D eigenvalue weighted by molar-refractivity contribution is -0.129. The third kappa shape index (κ3) is 10.7. The molecule has 204 valence electrons. The summed E-state index contributed by atoms with van der Waals surface area (Å²) in [6.45, 7) is 3.16.